The molecule has 0 saturated heterocycles. The first-order valence-corrected chi connectivity index (χ1v) is 7.97. The molecule has 0 aromatic rings. The van der Waals surface area contributed by atoms with Crippen molar-refractivity contribution in [3.63, 3.8) is 0 Å². The van der Waals surface area contributed by atoms with Crippen LogP contribution in [0.1, 0.15) is 20.3 Å². The van der Waals surface area contributed by atoms with E-state index in [2.05, 4.69) is 0 Å². The molecule has 6 nitrogen and oxygen atoms in total. The molecule has 0 radical (unpaired) electrons. The van der Waals surface area contributed by atoms with E-state index in [9.17, 15) is 5.11 Å². The molecule has 0 saturated carbocycles. The van der Waals surface area contributed by atoms with Crippen molar-refractivity contribution < 1.29 is 24.1 Å². The maximum absolute atomic E-state index is 10.4. The molecule has 0 aromatic heterocycles. The first kappa shape index (κ1) is 16.8. The van der Waals surface area contributed by atoms with Crippen LogP contribution >= 0.6 is 0 Å². The highest BCUT2D eigenvalue weighted by Crippen LogP contribution is 2.45. The van der Waals surface area contributed by atoms with Crippen LogP contribution in [-0.2, 0) is 18.9 Å². The summed E-state index contributed by atoms with van der Waals surface area (Å²) in [5.41, 5.74) is 1.02. The van der Waals surface area contributed by atoms with E-state index in [0.29, 0.717) is 23.8 Å². The van der Waals surface area contributed by atoms with Gasteiger partial charge in [-0.15, -0.1) is 0 Å². The molecule has 2 aliphatic heterocycles. The topological polar surface area (TPSA) is 60.4 Å². The lowest BCUT2D eigenvalue weighted by molar-refractivity contribution is -0.0664. The Kier molecular flexibility index (Phi) is 4.03. The summed E-state index contributed by atoms with van der Waals surface area (Å²) in [6.07, 6.45) is 4.14. The SMILES string of the molecule is COC1=C(OC)C2C(=C(OC)C3=C(OC(C(C)(C)O)C3)N2C)C=C1. The fraction of sp³-hybridized carbons (Fsp3) is 0.556. The van der Waals surface area contributed by atoms with Gasteiger partial charge in [-0.05, 0) is 26.0 Å². The van der Waals surface area contributed by atoms with Crippen molar-refractivity contribution in [2.24, 2.45) is 0 Å². The Morgan fingerprint density at radius 1 is 1.17 bits per heavy atom. The smallest absolute Gasteiger partial charge is 0.197 e. The maximum atomic E-state index is 10.4. The highest BCUT2D eigenvalue weighted by molar-refractivity contribution is 5.53. The summed E-state index contributed by atoms with van der Waals surface area (Å²) in [5, 5.41) is 10.4. The van der Waals surface area contributed by atoms with Crippen LogP contribution < -0.4 is 0 Å². The summed E-state index contributed by atoms with van der Waals surface area (Å²) in [4.78, 5) is 2.01. The summed E-state index contributed by atoms with van der Waals surface area (Å²) < 4.78 is 22.8. The van der Waals surface area contributed by atoms with Gasteiger partial charge in [-0.3, -0.25) is 0 Å². The molecule has 24 heavy (non-hydrogen) atoms. The summed E-state index contributed by atoms with van der Waals surface area (Å²) in [7, 11) is 6.85. The first-order chi connectivity index (χ1) is 11.3. The highest BCUT2D eigenvalue weighted by atomic mass is 16.5. The van der Waals surface area contributed by atoms with Crippen molar-refractivity contribution >= 4 is 0 Å². The van der Waals surface area contributed by atoms with Crippen LogP contribution in [0.15, 0.2) is 46.5 Å². The van der Waals surface area contributed by atoms with Gasteiger partial charge < -0.3 is 29.0 Å². The number of ether oxygens (including phenoxy) is 4. The zero-order valence-electron chi connectivity index (χ0n) is 15.0. The van der Waals surface area contributed by atoms with E-state index in [0.717, 1.165) is 16.9 Å². The number of rotatable bonds is 4. The minimum Gasteiger partial charge on any atom is -0.496 e. The van der Waals surface area contributed by atoms with E-state index < -0.39 is 5.60 Å². The van der Waals surface area contributed by atoms with Crippen LogP contribution in [0.25, 0.3) is 0 Å². The van der Waals surface area contributed by atoms with E-state index in [4.69, 9.17) is 18.9 Å². The van der Waals surface area contributed by atoms with Crippen molar-refractivity contribution in [3.8, 4) is 0 Å². The number of hydrogen-bond donors (Lipinski definition) is 1. The van der Waals surface area contributed by atoms with Gasteiger partial charge in [-0.2, -0.15) is 0 Å². The number of aliphatic hydroxyl groups is 1. The second kappa shape index (κ2) is 5.77. The second-order valence-electron chi connectivity index (χ2n) is 6.72. The van der Waals surface area contributed by atoms with E-state index in [1.807, 2.05) is 24.1 Å². The van der Waals surface area contributed by atoms with Gasteiger partial charge in [-0.1, -0.05) is 0 Å². The van der Waals surface area contributed by atoms with Crippen molar-refractivity contribution in [3.05, 3.63) is 46.5 Å². The third-order valence-electron chi connectivity index (χ3n) is 4.78. The minimum atomic E-state index is -0.944. The average molecular weight is 335 g/mol. The number of likely N-dealkylation sites (N-methyl/N-ethyl adjacent to an activating group) is 1. The van der Waals surface area contributed by atoms with Crippen molar-refractivity contribution in [2.45, 2.75) is 38.0 Å². The fourth-order valence-corrected chi connectivity index (χ4v) is 3.51. The quantitative estimate of drug-likeness (QED) is 0.848. The Morgan fingerprint density at radius 2 is 1.88 bits per heavy atom. The van der Waals surface area contributed by atoms with Crippen molar-refractivity contribution in [1.82, 2.24) is 4.90 Å². The van der Waals surface area contributed by atoms with Gasteiger partial charge in [0.2, 0.25) is 0 Å². The third-order valence-corrected chi connectivity index (χ3v) is 4.78. The minimum absolute atomic E-state index is 0.191. The number of nitrogens with zero attached hydrogens (tertiary/aromatic N) is 1. The lowest BCUT2D eigenvalue weighted by atomic mass is 9.88. The van der Waals surface area contributed by atoms with Gasteiger partial charge >= 0.3 is 0 Å². The Hall–Kier alpha value is -2.08. The van der Waals surface area contributed by atoms with E-state index in [1.165, 1.54) is 0 Å². The Balaban J connectivity index is 2.08. The molecule has 6 heteroatoms. The molecule has 1 N–H and O–H groups in total. The number of allylic oxidation sites excluding steroid dienone is 2. The standard InChI is InChI=1S/C18H25NO5/c1-18(2,20)13-9-11-15(22-5)10-7-8-12(21-4)16(23-6)14(10)19(3)17(11)24-13/h7-8,13-14,20H,9H2,1-6H3. The first-order valence-electron chi connectivity index (χ1n) is 7.97. The molecule has 3 aliphatic rings. The molecular formula is C18H25NO5. The Morgan fingerprint density at radius 3 is 2.42 bits per heavy atom. The lowest BCUT2D eigenvalue weighted by Crippen LogP contribution is -2.41. The van der Waals surface area contributed by atoms with E-state index >= 15 is 0 Å². The molecule has 1 aliphatic carbocycles. The van der Waals surface area contributed by atoms with Gasteiger partial charge in [0.25, 0.3) is 0 Å². The normalized spacial score (nSPS) is 26.4. The molecule has 0 fully saturated rings. The lowest BCUT2D eigenvalue weighted by Gasteiger charge is -2.38. The maximum Gasteiger partial charge on any atom is 0.197 e. The molecule has 132 valence electrons. The third kappa shape index (κ3) is 2.36. The van der Waals surface area contributed by atoms with Crippen LogP contribution in [0.2, 0.25) is 0 Å². The number of fused-ring (bicyclic) bond motifs is 1. The van der Waals surface area contributed by atoms with Crippen LogP contribution in [0.3, 0.4) is 0 Å². The molecule has 2 unspecified atom stereocenters. The van der Waals surface area contributed by atoms with Gasteiger partial charge in [0, 0.05) is 19.0 Å². The zero-order chi connectivity index (χ0) is 17.6. The molecule has 0 aromatic carbocycles. The monoisotopic (exact) mass is 335 g/mol. The molecule has 0 spiro atoms. The van der Waals surface area contributed by atoms with Crippen LogP contribution in [0, 0.1) is 0 Å². The predicted octanol–water partition coefficient (Wildman–Crippen LogP) is 2.05. The summed E-state index contributed by atoms with van der Waals surface area (Å²) >= 11 is 0. The van der Waals surface area contributed by atoms with E-state index in [1.54, 1.807) is 35.2 Å². The van der Waals surface area contributed by atoms with Crippen LogP contribution in [-0.4, -0.2) is 56.1 Å². The second-order valence-corrected chi connectivity index (χ2v) is 6.72. The molecule has 2 heterocycles. The number of hydrogen-bond acceptors (Lipinski definition) is 6. The van der Waals surface area contributed by atoms with Crippen molar-refractivity contribution in [1.29, 1.82) is 0 Å². The van der Waals surface area contributed by atoms with Gasteiger partial charge in [0.1, 0.15) is 17.9 Å². The molecular weight excluding hydrogens is 310 g/mol. The Labute approximate surface area is 142 Å². The van der Waals surface area contributed by atoms with Crippen molar-refractivity contribution in [2.75, 3.05) is 28.4 Å². The Bertz CT molecular complexity index is 665. The molecule has 0 bridgehead atoms. The van der Waals surface area contributed by atoms with Crippen LogP contribution in [0.4, 0.5) is 0 Å². The molecule has 2 atom stereocenters. The summed E-state index contributed by atoms with van der Waals surface area (Å²) in [5.74, 6) is 2.87. The number of methoxy groups -OCH3 is 3. The van der Waals surface area contributed by atoms with Gasteiger partial charge in [0.15, 0.2) is 17.4 Å². The fourth-order valence-electron chi connectivity index (χ4n) is 3.51. The predicted molar refractivity (Wildman–Crippen MR) is 88.6 cm³/mol. The average Bonchev–Trinajstić information content (AvgIpc) is 3.00. The van der Waals surface area contributed by atoms with Gasteiger partial charge in [0.05, 0.1) is 32.5 Å². The zero-order valence-corrected chi connectivity index (χ0v) is 15.0. The van der Waals surface area contributed by atoms with E-state index in [-0.39, 0.29) is 12.1 Å². The largest absolute Gasteiger partial charge is 0.496 e. The summed E-state index contributed by atoms with van der Waals surface area (Å²) in [6, 6.07) is -0.191. The van der Waals surface area contributed by atoms with Crippen LogP contribution in [0.5, 0.6) is 0 Å². The highest BCUT2D eigenvalue weighted by Gasteiger charge is 2.46. The summed E-state index contributed by atoms with van der Waals surface area (Å²) in [6.45, 7) is 3.51. The van der Waals surface area contributed by atoms with Gasteiger partial charge in [-0.25, -0.2) is 0 Å². The molecule has 0 amide bonds. The molecule has 3 rings (SSSR count).